The van der Waals surface area contributed by atoms with Gasteiger partial charge < -0.3 is 25.0 Å². The fourth-order valence-electron chi connectivity index (χ4n) is 3.80. The van der Waals surface area contributed by atoms with Crippen LogP contribution < -0.4 is 25.0 Å². The Morgan fingerprint density at radius 2 is 1.86 bits per heavy atom. The number of carbonyl (C=O) groups excluding carboxylic acids is 3. The number of rotatable bonds is 7. The highest BCUT2D eigenvalue weighted by atomic mass is 35.5. The predicted molar refractivity (Wildman–Crippen MR) is 132 cm³/mol. The third kappa shape index (κ3) is 5.36. The summed E-state index contributed by atoms with van der Waals surface area (Å²) in [6.07, 6.45) is 3.09. The molecule has 35 heavy (non-hydrogen) atoms. The molecule has 1 fully saturated rings. The minimum Gasteiger partial charge on any atom is -0.495 e. The lowest BCUT2D eigenvalue weighted by atomic mass is 10.1. The Morgan fingerprint density at radius 3 is 2.57 bits per heavy atom. The van der Waals surface area contributed by atoms with Gasteiger partial charge in [-0.3, -0.25) is 19.4 Å². The molecule has 0 saturated carbocycles. The molecule has 1 aliphatic rings. The lowest BCUT2D eigenvalue weighted by Crippen LogP contribution is -2.28. The molecule has 3 aromatic rings. The fraction of sp³-hybridized carbons (Fsp3) is 0.200. The van der Waals surface area contributed by atoms with Gasteiger partial charge in [0, 0.05) is 42.1 Å². The van der Waals surface area contributed by atoms with Crippen molar-refractivity contribution in [3.8, 4) is 11.5 Å². The number of nitrogens with zero attached hydrogens (tertiary/aromatic N) is 2. The summed E-state index contributed by atoms with van der Waals surface area (Å²) in [4.78, 5) is 43.5. The average molecular weight is 495 g/mol. The van der Waals surface area contributed by atoms with E-state index >= 15 is 0 Å². The summed E-state index contributed by atoms with van der Waals surface area (Å²) in [6, 6.07) is 13.2. The first-order chi connectivity index (χ1) is 16.9. The average Bonchev–Trinajstić information content (AvgIpc) is 3.26. The molecule has 3 amide bonds. The normalized spacial score (nSPS) is 15.0. The number of pyridine rings is 1. The number of halogens is 1. The van der Waals surface area contributed by atoms with Crippen molar-refractivity contribution < 1.29 is 23.9 Å². The highest BCUT2D eigenvalue weighted by Crippen LogP contribution is 2.36. The Kier molecular flexibility index (Phi) is 7.17. The molecule has 1 aromatic heterocycles. The summed E-state index contributed by atoms with van der Waals surface area (Å²) in [6.45, 7) is 0.192. The molecule has 1 saturated heterocycles. The van der Waals surface area contributed by atoms with Crippen molar-refractivity contribution in [2.75, 3.05) is 36.3 Å². The maximum absolute atomic E-state index is 12.9. The van der Waals surface area contributed by atoms with Gasteiger partial charge in [0.25, 0.3) is 5.91 Å². The molecular formula is C25H23ClN4O5. The van der Waals surface area contributed by atoms with Crippen LogP contribution in [0.4, 0.5) is 17.1 Å². The van der Waals surface area contributed by atoms with Gasteiger partial charge >= 0.3 is 0 Å². The zero-order valence-electron chi connectivity index (χ0n) is 19.1. The number of hydrogen-bond acceptors (Lipinski definition) is 6. The van der Waals surface area contributed by atoms with Gasteiger partial charge in [-0.1, -0.05) is 11.6 Å². The van der Waals surface area contributed by atoms with Crippen LogP contribution in [0.3, 0.4) is 0 Å². The number of anilines is 3. The van der Waals surface area contributed by atoms with Gasteiger partial charge in [0.1, 0.15) is 11.5 Å². The third-order valence-corrected chi connectivity index (χ3v) is 5.80. The third-order valence-electron chi connectivity index (χ3n) is 5.57. The van der Waals surface area contributed by atoms with Crippen molar-refractivity contribution in [2.45, 2.75) is 6.42 Å². The highest BCUT2D eigenvalue weighted by molar-refractivity contribution is 6.31. The van der Waals surface area contributed by atoms with E-state index in [1.807, 2.05) is 0 Å². The lowest BCUT2D eigenvalue weighted by molar-refractivity contribution is -0.122. The SMILES string of the molecule is COc1cc(NC(=O)C2CC(=O)N(c3cc(Cl)ccc3OC)C2)ccc1NC(=O)c1cccnc1. The molecule has 1 aliphatic heterocycles. The van der Waals surface area contributed by atoms with Crippen molar-refractivity contribution in [2.24, 2.45) is 5.92 Å². The molecule has 0 spiro atoms. The van der Waals surface area contributed by atoms with E-state index in [0.29, 0.717) is 39.1 Å². The summed E-state index contributed by atoms with van der Waals surface area (Å²) in [5.74, 6) is -0.547. The van der Waals surface area contributed by atoms with Crippen LogP contribution in [0.15, 0.2) is 60.9 Å². The van der Waals surface area contributed by atoms with Crippen molar-refractivity contribution >= 4 is 46.4 Å². The summed E-state index contributed by atoms with van der Waals surface area (Å²) in [5, 5.41) is 6.06. The second-order valence-corrected chi connectivity index (χ2v) is 8.26. The number of amides is 3. The van der Waals surface area contributed by atoms with Gasteiger partial charge in [0.05, 0.1) is 37.1 Å². The smallest absolute Gasteiger partial charge is 0.257 e. The number of benzene rings is 2. The molecule has 0 bridgehead atoms. The number of nitrogens with one attached hydrogen (secondary N) is 2. The van der Waals surface area contributed by atoms with E-state index in [2.05, 4.69) is 15.6 Å². The van der Waals surface area contributed by atoms with Crippen LogP contribution >= 0.6 is 11.6 Å². The van der Waals surface area contributed by atoms with Crippen LogP contribution in [-0.2, 0) is 9.59 Å². The van der Waals surface area contributed by atoms with Crippen molar-refractivity contribution in [1.82, 2.24) is 4.98 Å². The Morgan fingerprint density at radius 1 is 1.06 bits per heavy atom. The van der Waals surface area contributed by atoms with E-state index in [0.717, 1.165) is 0 Å². The topological polar surface area (TPSA) is 110 Å². The van der Waals surface area contributed by atoms with Crippen LogP contribution in [0.25, 0.3) is 0 Å². The molecule has 0 radical (unpaired) electrons. The van der Waals surface area contributed by atoms with Crippen molar-refractivity contribution in [3.63, 3.8) is 0 Å². The number of carbonyl (C=O) groups is 3. The van der Waals surface area contributed by atoms with E-state index in [1.54, 1.807) is 54.7 Å². The summed E-state index contributed by atoms with van der Waals surface area (Å²) < 4.78 is 10.7. The number of methoxy groups -OCH3 is 2. The molecule has 2 aromatic carbocycles. The summed E-state index contributed by atoms with van der Waals surface area (Å²) >= 11 is 6.10. The van der Waals surface area contributed by atoms with E-state index in [-0.39, 0.29) is 30.7 Å². The molecular weight excluding hydrogens is 472 g/mol. The Balaban J connectivity index is 1.45. The molecule has 2 N–H and O–H groups in total. The zero-order valence-corrected chi connectivity index (χ0v) is 19.8. The monoisotopic (exact) mass is 494 g/mol. The van der Waals surface area contributed by atoms with Crippen molar-refractivity contribution in [1.29, 1.82) is 0 Å². The largest absolute Gasteiger partial charge is 0.495 e. The van der Waals surface area contributed by atoms with Crippen LogP contribution in [0.1, 0.15) is 16.8 Å². The van der Waals surface area contributed by atoms with Gasteiger partial charge in [-0.25, -0.2) is 0 Å². The summed E-state index contributed by atoms with van der Waals surface area (Å²) in [7, 11) is 2.97. The number of ether oxygens (including phenoxy) is 2. The minimum atomic E-state index is -0.567. The quantitative estimate of drug-likeness (QED) is 0.514. The van der Waals surface area contributed by atoms with Gasteiger partial charge in [0.15, 0.2) is 0 Å². The zero-order chi connectivity index (χ0) is 24.9. The maximum atomic E-state index is 12.9. The predicted octanol–water partition coefficient (Wildman–Crippen LogP) is 4.00. The first kappa shape index (κ1) is 24.0. The molecule has 0 aliphatic carbocycles. The Bertz CT molecular complexity index is 1270. The summed E-state index contributed by atoms with van der Waals surface area (Å²) in [5.41, 5.74) is 1.83. The minimum absolute atomic E-state index is 0.0535. The molecule has 9 nitrogen and oxygen atoms in total. The van der Waals surface area contributed by atoms with Gasteiger partial charge in [-0.15, -0.1) is 0 Å². The van der Waals surface area contributed by atoms with Crippen LogP contribution in [0.5, 0.6) is 11.5 Å². The molecule has 1 atom stereocenters. The molecule has 2 heterocycles. The Labute approximate surface area is 207 Å². The second kappa shape index (κ2) is 10.4. The first-order valence-corrected chi connectivity index (χ1v) is 11.1. The second-order valence-electron chi connectivity index (χ2n) is 7.82. The van der Waals surface area contributed by atoms with Crippen molar-refractivity contribution in [3.05, 3.63) is 71.5 Å². The van der Waals surface area contributed by atoms with E-state index < -0.39 is 5.92 Å². The highest BCUT2D eigenvalue weighted by Gasteiger charge is 2.36. The van der Waals surface area contributed by atoms with Crippen LogP contribution in [-0.4, -0.2) is 43.5 Å². The Hall–Kier alpha value is -4.11. The number of hydrogen-bond donors (Lipinski definition) is 2. The van der Waals surface area contributed by atoms with Gasteiger partial charge in [0.2, 0.25) is 11.8 Å². The first-order valence-electron chi connectivity index (χ1n) is 10.7. The number of aromatic nitrogens is 1. The maximum Gasteiger partial charge on any atom is 0.257 e. The fourth-order valence-corrected chi connectivity index (χ4v) is 3.96. The van der Waals surface area contributed by atoms with Gasteiger partial charge in [-0.05, 0) is 42.5 Å². The van der Waals surface area contributed by atoms with Crippen LogP contribution in [0.2, 0.25) is 5.02 Å². The van der Waals surface area contributed by atoms with E-state index in [9.17, 15) is 14.4 Å². The standard InChI is InChI=1S/C25H23ClN4O5/c1-34-21-8-5-17(26)11-20(21)30-14-16(10-23(30)31)25(33)28-18-6-7-19(22(12-18)35-2)29-24(32)15-4-3-9-27-13-15/h3-9,11-13,16H,10,14H2,1-2H3,(H,28,33)(H,29,32). The van der Waals surface area contributed by atoms with E-state index in [1.165, 1.54) is 25.3 Å². The molecule has 180 valence electrons. The van der Waals surface area contributed by atoms with E-state index in [4.69, 9.17) is 21.1 Å². The van der Waals surface area contributed by atoms with Crippen LogP contribution in [0, 0.1) is 5.92 Å². The molecule has 1 unspecified atom stereocenters. The lowest BCUT2D eigenvalue weighted by Gasteiger charge is -2.20. The molecule has 4 rings (SSSR count). The van der Waals surface area contributed by atoms with Gasteiger partial charge in [-0.2, -0.15) is 0 Å². The molecule has 10 heteroatoms.